The highest BCUT2D eigenvalue weighted by Gasteiger charge is 2.09. The number of rotatable bonds is 5. The molecule has 142 valence electrons. The average molecular weight is 387 g/mol. The third-order valence-corrected chi connectivity index (χ3v) is 4.54. The fourth-order valence-corrected chi connectivity index (χ4v) is 2.67. The molecule has 0 bridgehead atoms. The topological polar surface area (TPSA) is 109 Å². The van der Waals surface area contributed by atoms with E-state index in [9.17, 15) is 18.3 Å². The van der Waals surface area contributed by atoms with Gasteiger partial charge in [-0.25, -0.2) is 18.4 Å². The van der Waals surface area contributed by atoms with Crippen LogP contribution in [0.2, 0.25) is 0 Å². The number of hydrogen-bond donors (Lipinski definition) is 2. The number of carbonyl (C=O) groups is 1. The summed E-state index contributed by atoms with van der Waals surface area (Å²) >= 11 is 0. The molecule has 0 fully saturated rings. The molecule has 0 saturated heterocycles. The molecule has 7 nitrogen and oxygen atoms in total. The fourth-order valence-electron chi connectivity index (χ4n) is 2.04. The normalized spacial score (nSPS) is 11.4. The summed E-state index contributed by atoms with van der Waals surface area (Å²) in [5.74, 6) is 5.40. The lowest BCUT2D eigenvalue weighted by Gasteiger charge is -2.06. The maximum Gasteiger partial charge on any atom is 0.225 e. The van der Waals surface area contributed by atoms with Crippen LogP contribution >= 0.6 is 0 Å². The molecule has 1 amide bonds. The van der Waals surface area contributed by atoms with Gasteiger partial charge >= 0.3 is 0 Å². The monoisotopic (exact) mass is 387 g/mol. The predicted octanol–water partition coefficient (Wildman–Crippen LogP) is 1.57. The highest BCUT2D eigenvalue weighted by molar-refractivity contribution is 7.90. The second-order valence-electron chi connectivity index (χ2n) is 6.56. The van der Waals surface area contributed by atoms with Crippen LogP contribution in [0.5, 0.6) is 0 Å². The molecule has 0 atom stereocenters. The van der Waals surface area contributed by atoms with E-state index in [2.05, 4.69) is 27.1 Å². The summed E-state index contributed by atoms with van der Waals surface area (Å²) in [6.45, 7) is 3.13. The van der Waals surface area contributed by atoms with E-state index in [0.717, 1.165) is 11.8 Å². The zero-order valence-electron chi connectivity index (χ0n) is 15.4. The number of nitrogens with one attached hydrogen (secondary N) is 1. The van der Waals surface area contributed by atoms with Crippen molar-refractivity contribution in [2.45, 2.75) is 37.2 Å². The summed E-state index contributed by atoms with van der Waals surface area (Å²) in [5.41, 5.74) is 0.135. The zero-order chi connectivity index (χ0) is 20.1. The lowest BCUT2D eigenvalue weighted by atomic mass is 10.1. The average Bonchev–Trinajstić information content (AvgIpc) is 2.58. The number of nitrogens with zero attached hydrogens (tertiary/aromatic N) is 2. The Morgan fingerprint density at radius 1 is 1.19 bits per heavy atom. The van der Waals surface area contributed by atoms with E-state index in [1.54, 1.807) is 26.0 Å². The Balaban J connectivity index is 1.89. The fraction of sp³-hybridized carbons (Fsp3) is 0.316. The van der Waals surface area contributed by atoms with E-state index < -0.39 is 15.4 Å². The first kappa shape index (κ1) is 20.6. The van der Waals surface area contributed by atoms with E-state index in [1.807, 2.05) is 0 Å². The second kappa shape index (κ2) is 8.29. The minimum absolute atomic E-state index is 0.222. The Bertz CT molecular complexity index is 965. The molecule has 1 aromatic heterocycles. The molecule has 8 heteroatoms. The maximum atomic E-state index is 12.0. The van der Waals surface area contributed by atoms with Crippen LogP contribution in [0.15, 0.2) is 41.6 Å². The van der Waals surface area contributed by atoms with Gasteiger partial charge < -0.3 is 10.4 Å². The summed E-state index contributed by atoms with van der Waals surface area (Å²) in [4.78, 5) is 20.4. The van der Waals surface area contributed by atoms with Gasteiger partial charge in [0.1, 0.15) is 11.3 Å². The van der Waals surface area contributed by atoms with Crippen molar-refractivity contribution < 1.29 is 18.3 Å². The van der Waals surface area contributed by atoms with Crippen LogP contribution in [0, 0.1) is 11.8 Å². The van der Waals surface area contributed by atoms with Gasteiger partial charge in [0, 0.05) is 12.7 Å². The molecular formula is C19H21N3O4S. The molecule has 2 rings (SSSR count). The largest absolute Gasteiger partial charge is 0.378 e. The number of sulfone groups is 1. The highest BCUT2D eigenvalue weighted by Crippen LogP contribution is 2.12. The molecule has 0 aliphatic heterocycles. The number of carbonyl (C=O) groups excluding carboxylic acids is 1. The Kier molecular flexibility index (Phi) is 6.31. The molecular weight excluding hydrogens is 366 g/mol. The van der Waals surface area contributed by atoms with Gasteiger partial charge in [0.25, 0.3) is 0 Å². The minimum Gasteiger partial charge on any atom is -0.378 e. The van der Waals surface area contributed by atoms with Crippen LogP contribution in [0.1, 0.15) is 31.5 Å². The molecule has 0 aliphatic carbocycles. The van der Waals surface area contributed by atoms with E-state index in [0.29, 0.717) is 17.9 Å². The van der Waals surface area contributed by atoms with E-state index >= 15 is 0 Å². The van der Waals surface area contributed by atoms with Crippen molar-refractivity contribution in [1.82, 2.24) is 9.97 Å². The lowest BCUT2D eigenvalue weighted by molar-refractivity contribution is -0.116. The van der Waals surface area contributed by atoms with Gasteiger partial charge in [0.05, 0.1) is 17.3 Å². The van der Waals surface area contributed by atoms with E-state index in [4.69, 9.17) is 0 Å². The zero-order valence-corrected chi connectivity index (χ0v) is 16.2. The molecule has 0 radical (unpaired) electrons. The summed E-state index contributed by atoms with van der Waals surface area (Å²) in [5, 5.41) is 12.2. The third kappa shape index (κ3) is 7.17. The van der Waals surface area contributed by atoms with Crippen LogP contribution in [0.4, 0.5) is 5.82 Å². The number of benzene rings is 1. The number of amides is 1. The Hall–Kier alpha value is -2.76. The number of anilines is 1. The summed E-state index contributed by atoms with van der Waals surface area (Å²) in [6, 6.07) is 6.45. The van der Waals surface area contributed by atoms with Gasteiger partial charge in [-0.3, -0.25) is 4.79 Å². The van der Waals surface area contributed by atoms with Crippen molar-refractivity contribution in [1.29, 1.82) is 0 Å². The van der Waals surface area contributed by atoms with Crippen LogP contribution in [0.25, 0.3) is 0 Å². The standard InChI is InChI=1S/C19H21N3O4S/c1-19(2,24)11-10-15-12-21-17(13-20-15)22-18(23)9-6-14-4-7-16(8-5-14)27(3,25)26/h4-5,7-8,12-13,24H,6,9H2,1-3H3,(H,21,22,23). The SMILES string of the molecule is CC(C)(O)C#Cc1cnc(NC(=O)CCc2ccc(S(C)(=O)=O)cc2)cn1. The number of aryl methyl sites for hydroxylation is 1. The Labute approximate surface area is 158 Å². The molecule has 27 heavy (non-hydrogen) atoms. The maximum absolute atomic E-state index is 12.0. The van der Waals surface area contributed by atoms with Crippen molar-refractivity contribution in [2.24, 2.45) is 0 Å². The molecule has 0 aliphatic rings. The highest BCUT2D eigenvalue weighted by atomic mass is 32.2. The van der Waals surface area contributed by atoms with Crippen molar-refractivity contribution in [3.05, 3.63) is 47.9 Å². The number of hydrogen-bond acceptors (Lipinski definition) is 6. The summed E-state index contributed by atoms with van der Waals surface area (Å²) in [6.07, 6.45) is 4.65. The van der Waals surface area contributed by atoms with Gasteiger partial charge in [-0.2, -0.15) is 0 Å². The molecule has 0 saturated carbocycles. The predicted molar refractivity (Wildman–Crippen MR) is 102 cm³/mol. The first-order chi connectivity index (χ1) is 12.5. The van der Waals surface area contributed by atoms with Crippen LogP contribution < -0.4 is 5.32 Å². The molecule has 1 heterocycles. The van der Waals surface area contributed by atoms with Crippen molar-refractivity contribution in [3.8, 4) is 11.8 Å². The van der Waals surface area contributed by atoms with Gasteiger partial charge in [0.2, 0.25) is 5.91 Å². The Morgan fingerprint density at radius 2 is 1.85 bits per heavy atom. The number of aliphatic hydroxyl groups is 1. The first-order valence-electron chi connectivity index (χ1n) is 8.19. The van der Waals surface area contributed by atoms with Gasteiger partial charge in [0.15, 0.2) is 15.7 Å². The van der Waals surface area contributed by atoms with Crippen molar-refractivity contribution in [3.63, 3.8) is 0 Å². The van der Waals surface area contributed by atoms with E-state index in [-0.39, 0.29) is 17.2 Å². The van der Waals surface area contributed by atoms with Gasteiger partial charge in [-0.05, 0) is 43.9 Å². The lowest BCUT2D eigenvalue weighted by Crippen LogP contribution is -2.15. The van der Waals surface area contributed by atoms with Gasteiger partial charge in [-0.15, -0.1) is 0 Å². The third-order valence-electron chi connectivity index (χ3n) is 3.41. The first-order valence-corrected chi connectivity index (χ1v) is 10.1. The minimum atomic E-state index is -3.23. The Morgan fingerprint density at radius 3 is 2.37 bits per heavy atom. The quantitative estimate of drug-likeness (QED) is 0.754. The van der Waals surface area contributed by atoms with Crippen LogP contribution in [-0.4, -0.2) is 41.3 Å². The molecule has 1 aromatic carbocycles. The van der Waals surface area contributed by atoms with Crippen molar-refractivity contribution >= 4 is 21.6 Å². The summed E-state index contributed by atoms with van der Waals surface area (Å²) < 4.78 is 22.9. The molecule has 2 aromatic rings. The molecule has 0 spiro atoms. The van der Waals surface area contributed by atoms with Crippen LogP contribution in [-0.2, 0) is 21.1 Å². The second-order valence-corrected chi connectivity index (χ2v) is 8.58. The van der Waals surface area contributed by atoms with E-state index in [1.165, 1.54) is 24.5 Å². The smallest absolute Gasteiger partial charge is 0.225 e. The number of aromatic nitrogens is 2. The van der Waals surface area contributed by atoms with Crippen LogP contribution in [0.3, 0.4) is 0 Å². The van der Waals surface area contributed by atoms with Crippen molar-refractivity contribution in [2.75, 3.05) is 11.6 Å². The molecule has 0 unspecified atom stereocenters. The summed E-state index contributed by atoms with van der Waals surface area (Å²) in [7, 11) is -3.23. The van der Waals surface area contributed by atoms with Gasteiger partial charge in [-0.1, -0.05) is 18.1 Å². The molecule has 2 N–H and O–H groups in total.